The zero-order valence-electron chi connectivity index (χ0n) is 11.2. The van der Waals surface area contributed by atoms with E-state index >= 15 is 0 Å². The number of para-hydroxylation sites is 1. The molecule has 1 aromatic carbocycles. The standard InChI is InChI=1S/C16H23NO/c1-2-17-14-12-15(16(14)10-6-7-11-16)18-13-8-4-3-5-9-13/h3-5,8-9,14-15,17H,2,6-7,10-12H2,1H3. The van der Waals surface area contributed by atoms with Crippen LogP contribution in [0.4, 0.5) is 0 Å². The van der Waals surface area contributed by atoms with Crippen molar-refractivity contribution in [2.45, 2.75) is 51.2 Å². The number of benzene rings is 1. The van der Waals surface area contributed by atoms with Crippen molar-refractivity contribution in [3.05, 3.63) is 30.3 Å². The first kappa shape index (κ1) is 12.0. The third-order valence-corrected chi connectivity index (χ3v) is 4.79. The van der Waals surface area contributed by atoms with Gasteiger partial charge in [0.1, 0.15) is 11.9 Å². The van der Waals surface area contributed by atoms with Crippen molar-refractivity contribution in [1.29, 1.82) is 0 Å². The molecular weight excluding hydrogens is 222 g/mol. The van der Waals surface area contributed by atoms with E-state index in [0.29, 0.717) is 17.6 Å². The first-order chi connectivity index (χ1) is 8.85. The molecule has 2 fully saturated rings. The van der Waals surface area contributed by atoms with Crippen molar-refractivity contribution in [2.24, 2.45) is 5.41 Å². The zero-order chi connectivity index (χ0) is 12.4. The molecule has 0 aliphatic heterocycles. The lowest BCUT2D eigenvalue weighted by atomic mass is 9.60. The highest BCUT2D eigenvalue weighted by Gasteiger charge is 2.57. The van der Waals surface area contributed by atoms with Crippen LogP contribution >= 0.6 is 0 Å². The van der Waals surface area contributed by atoms with Crippen molar-refractivity contribution in [2.75, 3.05) is 6.54 Å². The Morgan fingerprint density at radius 2 is 1.94 bits per heavy atom. The summed E-state index contributed by atoms with van der Waals surface area (Å²) in [5.41, 5.74) is 0.422. The van der Waals surface area contributed by atoms with E-state index in [1.807, 2.05) is 6.07 Å². The maximum absolute atomic E-state index is 6.22. The highest BCUT2D eigenvalue weighted by atomic mass is 16.5. The van der Waals surface area contributed by atoms with Gasteiger partial charge in [-0.3, -0.25) is 0 Å². The van der Waals surface area contributed by atoms with Gasteiger partial charge in [-0.05, 0) is 31.5 Å². The Morgan fingerprint density at radius 3 is 2.61 bits per heavy atom. The number of hydrogen-bond donors (Lipinski definition) is 1. The minimum atomic E-state index is 0.422. The fraction of sp³-hybridized carbons (Fsp3) is 0.625. The topological polar surface area (TPSA) is 21.3 Å². The average molecular weight is 245 g/mol. The number of ether oxygens (including phenoxy) is 1. The van der Waals surface area contributed by atoms with Crippen LogP contribution < -0.4 is 10.1 Å². The molecule has 2 atom stereocenters. The van der Waals surface area contributed by atoms with Gasteiger partial charge < -0.3 is 10.1 Å². The van der Waals surface area contributed by atoms with E-state index in [2.05, 4.69) is 36.5 Å². The van der Waals surface area contributed by atoms with E-state index in [0.717, 1.165) is 12.3 Å². The predicted octanol–water partition coefficient (Wildman–Crippen LogP) is 3.38. The van der Waals surface area contributed by atoms with E-state index in [1.54, 1.807) is 0 Å². The third kappa shape index (κ3) is 1.93. The summed E-state index contributed by atoms with van der Waals surface area (Å²) in [5.74, 6) is 1.03. The molecule has 2 nitrogen and oxygen atoms in total. The number of rotatable bonds is 4. The van der Waals surface area contributed by atoms with Gasteiger partial charge in [-0.2, -0.15) is 0 Å². The Kier molecular flexibility index (Phi) is 3.29. The molecule has 0 bridgehead atoms. The van der Waals surface area contributed by atoms with Crippen LogP contribution in [0.2, 0.25) is 0 Å². The summed E-state index contributed by atoms with van der Waals surface area (Å²) in [6, 6.07) is 11.0. The Labute approximate surface area is 110 Å². The van der Waals surface area contributed by atoms with Crippen LogP contribution in [0.25, 0.3) is 0 Å². The highest BCUT2D eigenvalue weighted by Crippen LogP contribution is 2.54. The quantitative estimate of drug-likeness (QED) is 0.878. The summed E-state index contributed by atoms with van der Waals surface area (Å²) in [6.07, 6.45) is 7.01. The third-order valence-electron chi connectivity index (χ3n) is 4.79. The van der Waals surface area contributed by atoms with Gasteiger partial charge in [0.15, 0.2) is 0 Å². The molecular formula is C16H23NO. The largest absolute Gasteiger partial charge is 0.490 e. The fourth-order valence-electron chi connectivity index (χ4n) is 3.81. The van der Waals surface area contributed by atoms with Crippen molar-refractivity contribution in [1.82, 2.24) is 5.32 Å². The Balaban J connectivity index is 1.70. The molecule has 2 aliphatic carbocycles. The molecule has 0 aromatic heterocycles. The molecule has 0 heterocycles. The molecule has 2 unspecified atom stereocenters. The van der Waals surface area contributed by atoms with Crippen LogP contribution in [0.5, 0.6) is 5.75 Å². The molecule has 1 aromatic rings. The lowest BCUT2D eigenvalue weighted by molar-refractivity contribution is -0.0755. The van der Waals surface area contributed by atoms with Gasteiger partial charge in [0.25, 0.3) is 0 Å². The molecule has 0 amide bonds. The Bertz CT molecular complexity index is 383. The molecule has 2 heteroatoms. The van der Waals surface area contributed by atoms with Gasteiger partial charge in [0.05, 0.1) is 0 Å². The summed E-state index contributed by atoms with van der Waals surface area (Å²) < 4.78 is 6.22. The minimum absolute atomic E-state index is 0.422. The second-order valence-electron chi connectivity index (χ2n) is 5.71. The summed E-state index contributed by atoms with van der Waals surface area (Å²) in [5, 5.41) is 3.65. The van der Waals surface area contributed by atoms with Crippen LogP contribution in [0.3, 0.4) is 0 Å². The van der Waals surface area contributed by atoms with Gasteiger partial charge in [-0.1, -0.05) is 38.0 Å². The second-order valence-corrected chi connectivity index (χ2v) is 5.71. The molecule has 18 heavy (non-hydrogen) atoms. The Morgan fingerprint density at radius 1 is 1.22 bits per heavy atom. The van der Waals surface area contributed by atoms with Crippen molar-refractivity contribution in [3.8, 4) is 5.75 Å². The highest BCUT2D eigenvalue weighted by molar-refractivity contribution is 5.23. The molecule has 98 valence electrons. The minimum Gasteiger partial charge on any atom is -0.490 e. The van der Waals surface area contributed by atoms with E-state index < -0.39 is 0 Å². The second kappa shape index (κ2) is 4.93. The van der Waals surface area contributed by atoms with Crippen molar-refractivity contribution in [3.63, 3.8) is 0 Å². The van der Waals surface area contributed by atoms with Crippen LogP contribution in [0.1, 0.15) is 39.0 Å². The molecule has 0 radical (unpaired) electrons. The summed E-state index contributed by atoms with van der Waals surface area (Å²) >= 11 is 0. The molecule has 1 N–H and O–H groups in total. The molecule has 2 saturated carbocycles. The maximum atomic E-state index is 6.22. The average Bonchev–Trinajstić information content (AvgIpc) is 2.91. The fourth-order valence-corrected chi connectivity index (χ4v) is 3.81. The predicted molar refractivity (Wildman–Crippen MR) is 73.8 cm³/mol. The molecule has 2 aliphatic rings. The number of nitrogens with one attached hydrogen (secondary N) is 1. The monoisotopic (exact) mass is 245 g/mol. The molecule has 3 rings (SSSR count). The van der Waals surface area contributed by atoms with Crippen LogP contribution in [0, 0.1) is 5.41 Å². The van der Waals surface area contributed by atoms with Gasteiger partial charge >= 0.3 is 0 Å². The van der Waals surface area contributed by atoms with Gasteiger partial charge in [0.2, 0.25) is 0 Å². The Hall–Kier alpha value is -1.02. The smallest absolute Gasteiger partial charge is 0.119 e. The summed E-state index contributed by atoms with van der Waals surface area (Å²) in [6.45, 7) is 3.28. The first-order valence-corrected chi connectivity index (χ1v) is 7.30. The van der Waals surface area contributed by atoms with Crippen molar-refractivity contribution >= 4 is 0 Å². The summed E-state index contributed by atoms with van der Waals surface area (Å²) in [7, 11) is 0. The van der Waals surface area contributed by atoms with E-state index in [-0.39, 0.29) is 0 Å². The van der Waals surface area contributed by atoms with Crippen molar-refractivity contribution < 1.29 is 4.74 Å². The van der Waals surface area contributed by atoms with E-state index in [9.17, 15) is 0 Å². The van der Waals surface area contributed by atoms with Gasteiger partial charge in [0, 0.05) is 17.9 Å². The first-order valence-electron chi connectivity index (χ1n) is 7.30. The van der Waals surface area contributed by atoms with Gasteiger partial charge in [-0.25, -0.2) is 0 Å². The lowest BCUT2D eigenvalue weighted by Crippen LogP contribution is -2.63. The van der Waals surface area contributed by atoms with Gasteiger partial charge in [-0.15, -0.1) is 0 Å². The maximum Gasteiger partial charge on any atom is 0.119 e. The SMILES string of the molecule is CCNC1CC(Oc2ccccc2)C12CCCC2. The molecule has 1 spiro atoms. The van der Waals surface area contributed by atoms with Crippen LogP contribution in [0.15, 0.2) is 30.3 Å². The van der Waals surface area contributed by atoms with E-state index in [4.69, 9.17) is 4.74 Å². The van der Waals surface area contributed by atoms with Crippen LogP contribution in [-0.2, 0) is 0 Å². The van der Waals surface area contributed by atoms with E-state index in [1.165, 1.54) is 32.1 Å². The zero-order valence-corrected chi connectivity index (χ0v) is 11.2. The number of hydrogen-bond acceptors (Lipinski definition) is 2. The lowest BCUT2D eigenvalue weighted by Gasteiger charge is -2.54. The summed E-state index contributed by atoms with van der Waals surface area (Å²) in [4.78, 5) is 0. The van der Waals surface area contributed by atoms with Crippen LogP contribution in [-0.4, -0.2) is 18.7 Å². The normalized spacial score (nSPS) is 29.2. The molecule has 0 saturated heterocycles.